The number of rotatable bonds is 6. The minimum atomic E-state index is -3.28. The Hall–Kier alpha value is -0.980. The van der Waals surface area contributed by atoms with E-state index in [0.29, 0.717) is 13.0 Å². The zero-order valence-corrected chi connectivity index (χ0v) is 10.1. The largest absolute Gasteiger partial charge is 0.329 e. The summed E-state index contributed by atoms with van der Waals surface area (Å²) in [5.74, 6) is 0. The van der Waals surface area contributed by atoms with Crippen molar-refractivity contribution < 1.29 is 8.42 Å². The van der Waals surface area contributed by atoms with Gasteiger partial charge in [0.05, 0.1) is 5.25 Å². The molecule has 16 heavy (non-hydrogen) atoms. The van der Waals surface area contributed by atoms with Gasteiger partial charge >= 0.3 is 0 Å². The predicted molar refractivity (Wildman–Crippen MR) is 63.4 cm³/mol. The minimum absolute atomic E-state index is 0.124. The Balaban J connectivity index is 2.42. The molecule has 1 heterocycles. The smallest absolute Gasteiger partial charge is 0.215 e. The first-order valence-corrected chi connectivity index (χ1v) is 6.69. The number of nitrogens with two attached hydrogens (primary N) is 1. The van der Waals surface area contributed by atoms with E-state index in [9.17, 15) is 8.42 Å². The number of nitrogens with one attached hydrogen (secondary N) is 1. The van der Waals surface area contributed by atoms with Gasteiger partial charge in [-0.3, -0.25) is 4.98 Å². The van der Waals surface area contributed by atoms with Gasteiger partial charge in [0.25, 0.3) is 0 Å². The molecule has 1 rings (SSSR count). The predicted octanol–water partition coefficient (Wildman–Crippen LogP) is -0.109. The molecule has 0 saturated heterocycles. The lowest BCUT2D eigenvalue weighted by Crippen LogP contribution is -2.37. The Morgan fingerprint density at radius 2 is 2.25 bits per heavy atom. The van der Waals surface area contributed by atoms with Gasteiger partial charge in [0.2, 0.25) is 10.0 Å². The Kier molecular flexibility index (Phi) is 4.85. The molecule has 90 valence electrons. The fourth-order valence-electron chi connectivity index (χ4n) is 1.14. The lowest BCUT2D eigenvalue weighted by molar-refractivity contribution is 0.569. The molecule has 0 aliphatic carbocycles. The highest BCUT2D eigenvalue weighted by atomic mass is 32.2. The first kappa shape index (κ1) is 13.1. The SMILES string of the molecule is CC(CN)S(=O)(=O)NCCc1ccccn1. The molecule has 1 aromatic rings. The molecule has 0 fully saturated rings. The lowest BCUT2D eigenvalue weighted by Gasteiger charge is -2.11. The van der Waals surface area contributed by atoms with Crippen molar-refractivity contribution in [3.8, 4) is 0 Å². The van der Waals surface area contributed by atoms with Crippen molar-refractivity contribution in [3.63, 3.8) is 0 Å². The van der Waals surface area contributed by atoms with Crippen molar-refractivity contribution in [2.24, 2.45) is 5.73 Å². The maximum absolute atomic E-state index is 11.5. The molecule has 5 nitrogen and oxygen atoms in total. The van der Waals surface area contributed by atoms with Crippen molar-refractivity contribution in [3.05, 3.63) is 30.1 Å². The van der Waals surface area contributed by atoms with Gasteiger partial charge in [0, 0.05) is 31.4 Å². The second-order valence-electron chi connectivity index (χ2n) is 3.56. The number of nitrogens with zero attached hydrogens (tertiary/aromatic N) is 1. The Bertz CT molecular complexity index is 405. The van der Waals surface area contributed by atoms with Crippen LogP contribution in [0.5, 0.6) is 0 Å². The maximum atomic E-state index is 11.5. The van der Waals surface area contributed by atoms with Gasteiger partial charge in [-0.2, -0.15) is 0 Å². The highest BCUT2D eigenvalue weighted by molar-refractivity contribution is 7.90. The average molecular weight is 243 g/mol. The molecule has 1 aromatic heterocycles. The van der Waals surface area contributed by atoms with Crippen LogP contribution in [0.3, 0.4) is 0 Å². The van der Waals surface area contributed by atoms with E-state index in [4.69, 9.17) is 5.73 Å². The monoisotopic (exact) mass is 243 g/mol. The first-order chi connectivity index (χ1) is 7.56. The Labute approximate surface area is 96.1 Å². The van der Waals surface area contributed by atoms with Crippen LogP contribution in [0.1, 0.15) is 12.6 Å². The van der Waals surface area contributed by atoms with E-state index in [0.717, 1.165) is 5.69 Å². The van der Waals surface area contributed by atoms with Crippen LogP contribution in [0.25, 0.3) is 0 Å². The van der Waals surface area contributed by atoms with Crippen LogP contribution in [0.15, 0.2) is 24.4 Å². The molecule has 0 bridgehead atoms. The molecule has 3 N–H and O–H groups in total. The average Bonchev–Trinajstić information content (AvgIpc) is 2.29. The number of hydrogen-bond acceptors (Lipinski definition) is 4. The van der Waals surface area contributed by atoms with Crippen molar-refractivity contribution >= 4 is 10.0 Å². The number of aromatic nitrogens is 1. The summed E-state index contributed by atoms with van der Waals surface area (Å²) in [6.45, 7) is 2.06. The molecular weight excluding hydrogens is 226 g/mol. The number of hydrogen-bond donors (Lipinski definition) is 2. The van der Waals surface area contributed by atoms with E-state index in [2.05, 4.69) is 9.71 Å². The van der Waals surface area contributed by atoms with Gasteiger partial charge in [-0.25, -0.2) is 13.1 Å². The van der Waals surface area contributed by atoms with Crippen molar-refractivity contribution in [2.75, 3.05) is 13.1 Å². The summed E-state index contributed by atoms with van der Waals surface area (Å²) in [6, 6.07) is 5.56. The fraction of sp³-hybridized carbons (Fsp3) is 0.500. The molecule has 0 saturated carbocycles. The highest BCUT2D eigenvalue weighted by Crippen LogP contribution is 1.97. The molecule has 1 unspecified atom stereocenters. The first-order valence-electron chi connectivity index (χ1n) is 5.14. The molecule has 6 heteroatoms. The summed E-state index contributed by atoms with van der Waals surface area (Å²) >= 11 is 0. The summed E-state index contributed by atoms with van der Waals surface area (Å²) in [6.07, 6.45) is 2.27. The third-order valence-corrected chi connectivity index (χ3v) is 4.13. The van der Waals surface area contributed by atoms with Crippen molar-refractivity contribution in [1.29, 1.82) is 0 Å². The quantitative estimate of drug-likeness (QED) is 0.730. The van der Waals surface area contributed by atoms with Gasteiger partial charge in [0.15, 0.2) is 0 Å². The maximum Gasteiger partial charge on any atom is 0.215 e. The van der Waals surface area contributed by atoms with Gasteiger partial charge in [-0.15, -0.1) is 0 Å². The minimum Gasteiger partial charge on any atom is -0.329 e. The molecule has 1 atom stereocenters. The van der Waals surface area contributed by atoms with Gasteiger partial charge in [-0.1, -0.05) is 6.07 Å². The topological polar surface area (TPSA) is 85.1 Å². The van der Waals surface area contributed by atoms with E-state index in [1.165, 1.54) is 0 Å². The third-order valence-electron chi connectivity index (χ3n) is 2.27. The van der Waals surface area contributed by atoms with Crippen LogP contribution < -0.4 is 10.5 Å². The van der Waals surface area contributed by atoms with Crippen LogP contribution in [-0.2, 0) is 16.4 Å². The normalized spacial score (nSPS) is 13.6. The zero-order valence-electron chi connectivity index (χ0n) is 9.26. The summed E-state index contributed by atoms with van der Waals surface area (Å²) < 4.78 is 25.6. The number of sulfonamides is 1. The molecular formula is C10H17N3O2S. The van der Waals surface area contributed by atoms with E-state index < -0.39 is 15.3 Å². The molecule has 0 aliphatic heterocycles. The van der Waals surface area contributed by atoms with E-state index in [1.54, 1.807) is 13.1 Å². The lowest BCUT2D eigenvalue weighted by atomic mass is 10.3. The second-order valence-corrected chi connectivity index (χ2v) is 5.74. The standard InChI is InChI=1S/C10H17N3O2S/c1-9(8-11)16(14,15)13-7-5-10-4-2-3-6-12-10/h2-4,6,9,13H,5,7-8,11H2,1H3. The van der Waals surface area contributed by atoms with Crippen LogP contribution >= 0.6 is 0 Å². The van der Waals surface area contributed by atoms with E-state index in [-0.39, 0.29) is 6.54 Å². The molecule has 0 amide bonds. The fourth-order valence-corrected chi connectivity index (χ4v) is 2.06. The second kappa shape index (κ2) is 5.93. The van der Waals surface area contributed by atoms with Crippen LogP contribution in [0.4, 0.5) is 0 Å². The summed E-state index contributed by atoms with van der Waals surface area (Å²) in [7, 11) is -3.28. The summed E-state index contributed by atoms with van der Waals surface area (Å²) in [4.78, 5) is 4.10. The van der Waals surface area contributed by atoms with Crippen molar-refractivity contribution in [1.82, 2.24) is 9.71 Å². The summed E-state index contributed by atoms with van der Waals surface area (Å²) in [5, 5.41) is -0.559. The van der Waals surface area contributed by atoms with Crippen LogP contribution in [0, 0.1) is 0 Å². The van der Waals surface area contributed by atoms with Gasteiger partial charge < -0.3 is 5.73 Å². The number of pyridine rings is 1. The van der Waals surface area contributed by atoms with Crippen molar-refractivity contribution in [2.45, 2.75) is 18.6 Å². The highest BCUT2D eigenvalue weighted by Gasteiger charge is 2.17. The van der Waals surface area contributed by atoms with Gasteiger partial charge in [0.1, 0.15) is 0 Å². The Morgan fingerprint density at radius 1 is 1.50 bits per heavy atom. The molecule has 0 spiro atoms. The third kappa shape index (κ3) is 3.88. The zero-order chi connectivity index (χ0) is 12.0. The van der Waals surface area contributed by atoms with Crippen LogP contribution in [-0.4, -0.2) is 31.7 Å². The van der Waals surface area contributed by atoms with E-state index in [1.807, 2.05) is 18.2 Å². The van der Waals surface area contributed by atoms with Gasteiger partial charge in [-0.05, 0) is 19.1 Å². The Morgan fingerprint density at radius 3 is 2.81 bits per heavy atom. The summed E-state index contributed by atoms with van der Waals surface area (Å²) in [5.41, 5.74) is 6.18. The molecule has 0 aliphatic rings. The van der Waals surface area contributed by atoms with E-state index >= 15 is 0 Å². The molecule has 0 aromatic carbocycles. The molecule has 0 radical (unpaired) electrons. The van der Waals surface area contributed by atoms with Crippen LogP contribution in [0.2, 0.25) is 0 Å².